The third-order valence-corrected chi connectivity index (χ3v) is 11.2. The molecule has 0 saturated carbocycles. The Balaban J connectivity index is 1.39. The maximum Gasteiger partial charge on any atom is 0.269 e. The Bertz CT molecular complexity index is 1500. The molecule has 1 spiro atoms. The van der Waals surface area contributed by atoms with Gasteiger partial charge in [-0.1, -0.05) is 24.3 Å². The number of hydrogen-bond donors (Lipinski definition) is 2. The Labute approximate surface area is 239 Å². The third-order valence-electron chi connectivity index (χ3n) is 8.66. The minimum absolute atomic E-state index is 0.00446. The predicted molar refractivity (Wildman–Crippen MR) is 154 cm³/mol. The summed E-state index contributed by atoms with van der Waals surface area (Å²) in [5.41, 5.74) is 1.85. The third kappa shape index (κ3) is 4.36. The molecule has 41 heavy (non-hydrogen) atoms. The summed E-state index contributed by atoms with van der Waals surface area (Å²) in [5, 5.41) is 17.5. The number of anilines is 3. The molecule has 3 aliphatic rings. The highest BCUT2D eigenvalue weighted by Crippen LogP contribution is 2.60. The first kappa shape index (κ1) is 27.6. The summed E-state index contributed by atoms with van der Waals surface area (Å²) in [6.07, 6.45) is 2.35. The summed E-state index contributed by atoms with van der Waals surface area (Å²) in [7, 11) is -1.08. The number of carbonyl (C=O) groups excluding carboxylic acids is 2. The number of likely N-dealkylation sites (N-methyl/N-ethyl adjacent to an activating group) is 1. The standard InChI is InChI=1S/C29H35N5O6Si/c1-18-27(41(3,4)38)25(11-13-33-16-19(12-14-35)30-31-33)40-29(18)21-15-20(9-10-22(21)32(2)28(29)37)34-23-7-5-6-8-24(23)39-17-26(34)36/h5-10,15-16,18,25,27,35,38H,11-14,17H2,1-4H3/t18-,25+,27-,29+/m1/s1. The summed E-state index contributed by atoms with van der Waals surface area (Å²) in [6.45, 7) is 6.18. The van der Waals surface area contributed by atoms with Gasteiger partial charge in [0.2, 0.25) is 0 Å². The van der Waals surface area contributed by atoms with Crippen molar-refractivity contribution in [3.05, 3.63) is 59.9 Å². The van der Waals surface area contributed by atoms with Crippen molar-refractivity contribution in [1.82, 2.24) is 15.0 Å². The lowest BCUT2D eigenvalue weighted by atomic mass is 9.82. The maximum atomic E-state index is 14.1. The van der Waals surface area contributed by atoms with Crippen LogP contribution in [-0.2, 0) is 32.9 Å². The monoisotopic (exact) mass is 577 g/mol. The van der Waals surface area contributed by atoms with Gasteiger partial charge in [-0.25, -0.2) is 0 Å². The van der Waals surface area contributed by atoms with Crippen molar-refractivity contribution in [2.24, 2.45) is 5.92 Å². The second kappa shape index (κ2) is 10.1. The fourth-order valence-electron chi connectivity index (χ4n) is 6.90. The van der Waals surface area contributed by atoms with Gasteiger partial charge in [0.1, 0.15) is 5.75 Å². The number of fused-ring (bicyclic) bond motifs is 3. The first-order valence-corrected chi connectivity index (χ1v) is 17.0. The number of nitrogens with zero attached hydrogens (tertiary/aromatic N) is 5. The van der Waals surface area contributed by atoms with Crippen molar-refractivity contribution in [3.63, 3.8) is 0 Å². The fourth-order valence-corrected chi connectivity index (χ4v) is 9.50. The Kier molecular flexibility index (Phi) is 6.76. The highest BCUT2D eigenvalue weighted by Gasteiger charge is 2.65. The molecule has 11 nitrogen and oxygen atoms in total. The molecule has 3 aliphatic heterocycles. The van der Waals surface area contributed by atoms with Crippen LogP contribution in [0.3, 0.4) is 0 Å². The van der Waals surface area contributed by atoms with Crippen molar-refractivity contribution >= 4 is 37.2 Å². The van der Waals surface area contributed by atoms with Gasteiger partial charge >= 0.3 is 0 Å². The van der Waals surface area contributed by atoms with E-state index in [0.29, 0.717) is 47.8 Å². The quantitative estimate of drug-likeness (QED) is 0.410. The van der Waals surface area contributed by atoms with Gasteiger partial charge in [0.25, 0.3) is 11.8 Å². The second-order valence-electron chi connectivity index (χ2n) is 11.6. The highest BCUT2D eigenvalue weighted by molar-refractivity contribution is 6.71. The zero-order valence-corrected chi connectivity index (χ0v) is 24.6. The Morgan fingerprint density at radius 1 is 1.15 bits per heavy atom. The lowest BCUT2D eigenvalue weighted by Crippen LogP contribution is -2.45. The summed E-state index contributed by atoms with van der Waals surface area (Å²) >= 11 is 0. The summed E-state index contributed by atoms with van der Waals surface area (Å²) in [6, 6.07) is 13.0. The Morgan fingerprint density at radius 3 is 2.68 bits per heavy atom. The van der Waals surface area contributed by atoms with Gasteiger partial charge in [0, 0.05) is 55.5 Å². The van der Waals surface area contributed by atoms with E-state index in [1.54, 1.807) is 27.7 Å². The van der Waals surface area contributed by atoms with Crippen LogP contribution in [0.4, 0.5) is 17.1 Å². The van der Waals surface area contributed by atoms with Gasteiger partial charge in [0.15, 0.2) is 20.5 Å². The fraction of sp³-hybridized carbons (Fsp3) is 0.448. The molecule has 1 fully saturated rings. The van der Waals surface area contributed by atoms with Gasteiger partial charge in [-0.3, -0.25) is 19.2 Å². The molecule has 2 N–H and O–H groups in total. The molecule has 0 bridgehead atoms. The second-order valence-corrected chi connectivity index (χ2v) is 15.6. The largest absolute Gasteiger partial charge is 0.482 e. The van der Waals surface area contributed by atoms with Gasteiger partial charge < -0.3 is 24.3 Å². The van der Waals surface area contributed by atoms with Crippen LogP contribution in [0.1, 0.15) is 24.6 Å². The van der Waals surface area contributed by atoms with Crippen LogP contribution < -0.4 is 14.5 Å². The van der Waals surface area contributed by atoms with E-state index in [-0.39, 0.29) is 36.5 Å². The lowest BCUT2D eigenvalue weighted by Gasteiger charge is -2.33. The van der Waals surface area contributed by atoms with Gasteiger partial charge in [-0.15, -0.1) is 5.10 Å². The van der Waals surface area contributed by atoms with Crippen LogP contribution in [-0.4, -0.2) is 71.4 Å². The molecule has 4 atom stereocenters. The molecule has 6 rings (SSSR count). The van der Waals surface area contributed by atoms with Gasteiger partial charge in [0.05, 0.1) is 23.2 Å². The predicted octanol–water partition coefficient (Wildman–Crippen LogP) is 2.73. The number of hydrogen-bond acceptors (Lipinski definition) is 8. The molecule has 2 amide bonds. The van der Waals surface area contributed by atoms with Crippen molar-refractivity contribution in [2.75, 3.05) is 30.1 Å². The van der Waals surface area contributed by atoms with Crippen LogP contribution in [0.25, 0.3) is 0 Å². The summed E-state index contributed by atoms with van der Waals surface area (Å²) in [5.74, 6) is -0.0881. The minimum Gasteiger partial charge on any atom is -0.482 e. The molecule has 2 aromatic carbocycles. The molecule has 0 aliphatic carbocycles. The number of rotatable bonds is 7. The van der Waals surface area contributed by atoms with Crippen LogP contribution in [0.2, 0.25) is 18.6 Å². The molecule has 12 heteroatoms. The smallest absolute Gasteiger partial charge is 0.269 e. The number of aryl methyl sites for hydroxylation is 1. The number of aliphatic hydroxyl groups is 1. The van der Waals surface area contributed by atoms with E-state index in [1.165, 1.54) is 0 Å². The van der Waals surface area contributed by atoms with Crippen molar-refractivity contribution in [2.45, 2.75) is 56.7 Å². The van der Waals surface area contributed by atoms with E-state index in [1.807, 2.05) is 62.5 Å². The Morgan fingerprint density at radius 2 is 1.93 bits per heavy atom. The molecule has 3 aromatic rings. The van der Waals surface area contributed by atoms with Gasteiger partial charge in [-0.2, -0.15) is 0 Å². The van der Waals surface area contributed by atoms with Gasteiger partial charge in [-0.05, 0) is 49.8 Å². The van der Waals surface area contributed by atoms with Crippen molar-refractivity contribution in [1.29, 1.82) is 0 Å². The van der Waals surface area contributed by atoms with Crippen LogP contribution in [0, 0.1) is 5.92 Å². The van der Waals surface area contributed by atoms with E-state index >= 15 is 0 Å². The number of para-hydroxylation sites is 2. The van der Waals surface area contributed by atoms with Crippen LogP contribution in [0.5, 0.6) is 5.75 Å². The first-order valence-electron chi connectivity index (χ1n) is 13.9. The molecule has 216 valence electrons. The van der Waals surface area contributed by atoms with E-state index < -0.39 is 20.0 Å². The van der Waals surface area contributed by atoms with E-state index in [9.17, 15) is 19.5 Å². The molecular formula is C29H35N5O6Si. The summed E-state index contributed by atoms with van der Waals surface area (Å²) < 4.78 is 14.2. The van der Waals surface area contributed by atoms with Crippen molar-refractivity contribution < 1.29 is 29.0 Å². The SMILES string of the molecule is C[C@@H]1[C@@H]([Si](C)(C)O)[C@H](CCn2cc(CCO)nn2)O[C@@]12C(=O)N(C)c1ccc(N3C(=O)COc4ccccc43)cc12. The topological polar surface area (TPSA) is 130 Å². The lowest BCUT2D eigenvalue weighted by molar-refractivity contribution is -0.145. The number of aromatic nitrogens is 3. The maximum absolute atomic E-state index is 14.1. The summed E-state index contributed by atoms with van der Waals surface area (Å²) in [4.78, 5) is 41.9. The zero-order chi connectivity index (χ0) is 29.1. The molecule has 0 unspecified atom stereocenters. The number of aliphatic hydroxyl groups excluding tert-OH is 1. The van der Waals surface area contributed by atoms with Crippen LogP contribution in [0.15, 0.2) is 48.7 Å². The average Bonchev–Trinajstić information content (AvgIpc) is 3.58. The molecule has 1 saturated heterocycles. The van der Waals surface area contributed by atoms with E-state index in [4.69, 9.17) is 9.47 Å². The first-order chi connectivity index (χ1) is 19.6. The minimum atomic E-state index is -2.82. The van der Waals surface area contributed by atoms with Crippen molar-refractivity contribution in [3.8, 4) is 5.75 Å². The Hall–Kier alpha value is -3.58. The normalized spacial score (nSPS) is 25.6. The number of ether oxygens (including phenoxy) is 2. The van der Waals surface area contributed by atoms with Crippen LogP contribution >= 0.6 is 0 Å². The zero-order valence-electron chi connectivity index (χ0n) is 23.6. The molecule has 0 radical (unpaired) electrons. The number of amides is 2. The molecule has 4 heterocycles. The average molecular weight is 578 g/mol. The molecule has 1 aromatic heterocycles. The van der Waals surface area contributed by atoms with E-state index in [0.717, 1.165) is 5.69 Å². The van der Waals surface area contributed by atoms with E-state index in [2.05, 4.69) is 10.3 Å². The number of carbonyl (C=O) groups is 2. The molecular weight excluding hydrogens is 542 g/mol. The highest BCUT2D eigenvalue weighted by atomic mass is 28.4. The number of benzene rings is 2.